The molecular weight excluding hydrogens is 242 g/mol. The van der Waals surface area contributed by atoms with E-state index in [9.17, 15) is 4.79 Å². The zero-order valence-corrected chi connectivity index (χ0v) is 11.9. The fourth-order valence-corrected chi connectivity index (χ4v) is 2.51. The Morgan fingerprint density at radius 1 is 1.37 bits per heavy atom. The average Bonchev–Trinajstić information content (AvgIpc) is 3.00. The SMILES string of the molecule is Cc1noc(C)c1CC(=O)NCCCN1CCCC1. The van der Waals surface area contributed by atoms with Crippen LogP contribution in [-0.2, 0) is 11.2 Å². The lowest BCUT2D eigenvalue weighted by molar-refractivity contribution is -0.120. The Labute approximate surface area is 114 Å². The molecule has 1 aromatic heterocycles. The summed E-state index contributed by atoms with van der Waals surface area (Å²) in [7, 11) is 0. The summed E-state index contributed by atoms with van der Waals surface area (Å²) in [5.41, 5.74) is 1.72. The third kappa shape index (κ3) is 4.06. The normalized spacial score (nSPS) is 15.9. The summed E-state index contributed by atoms with van der Waals surface area (Å²) < 4.78 is 5.05. The minimum Gasteiger partial charge on any atom is -0.361 e. The minimum atomic E-state index is 0.0517. The van der Waals surface area contributed by atoms with Crippen LogP contribution in [0.3, 0.4) is 0 Å². The largest absolute Gasteiger partial charge is 0.361 e. The zero-order valence-electron chi connectivity index (χ0n) is 11.9. The van der Waals surface area contributed by atoms with E-state index in [-0.39, 0.29) is 5.91 Å². The van der Waals surface area contributed by atoms with Crippen molar-refractivity contribution in [2.75, 3.05) is 26.2 Å². The van der Waals surface area contributed by atoms with Gasteiger partial charge < -0.3 is 14.7 Å². The minimum absolute atomic E-state index is 0.0517. The highest BCUT2D eigenvalue weighted by molar-refractivity contribution is 5.78. The molecule has 0 saturated carbocycles. The van der Waals surface area contributed by atoms with Crippen LogP contribution < -0.4 is 5.32 Å². The standard InChI is InChI=1S/C14H23N3O2/c1-11-13(12(2)19-16-11)10-14(18)15-6-5-9-17-7-3-4-8-17/h3-10H2,1-2H3,(H,15,18). The van der Waals surface area contributed by atoms with E-state index < -0.39 is 0 Å². The number of aryl methyl sites for hydroxylation is 2. The lowest BCUT2D eigenvalue weighted by atomic mass is 10.1. The van der Waals surface area contributed by atoms with E-state index in [0.29, 0.717) is 6.42 Å². The van der Waals surface area contributed by atoms with Gasteiger partial charge in [-0.25, -0.2) is 0 Å². The summed E-state index contributed by atoms with van der Waals surface area (Å²) in [6.07, 6.45) is 4.02. The molecule has 2 rings (SSSR count). The quantitative estimate of drug-likeness (QED) is 0.791. The Hall–Kier alpha value is -1.36. The summed E-state index contributed by atoms with van der Waals surface area (Å²) >= 11 is 0. The monoisotopic (exact) mass is 265 g/mol. The summed E-state index contributed by atoms with van der Waals surface area (Å²) in [6.45, 7) is 7.98. The lowest BCUT2D eigenvalue weighted by Crippen LogP contribution is -2.29. The van der Waals surface area contributed by atoms with Gasteiger partial charge in [-0.3, -0.25) is 4.79 Å². The number of carbonyl (C=O) groups is 1. The van der Waals surface area contributed by atoms with Gasteiger partial charge in [0.25, 0.3) is 0 Å². The van der Waals surface area contributed by atoms with Crippen LogP contribution in [0.1, 0.15) is 36.3 Å². The smallest absolute Gasteiger partial charge is 0.224 e. The number of hydrogen-bond donors (Lipinski definition) is 1. The predicted molar refractivity (Wildman–Crippen MR) is 73.0 cm³/mol. The van der Waals surface area contributed by atoms with E-state index in [1.807, 2.05) is 13.8 Å². The van der Waals surface area contributed by atoms with Crippen molar-refractivity contribution in [3.05, 3.63) is 17.0 Å². The molecule has 1 amide bonds. The number of nitrogens with zero attached hydrogens (tertiary/aromatic N) is 2. The molecule has 1 N–H and O–H groups in total. The van der Waals surface area contributed by atoms with Crippen molar-refractivity contribution in [3.8, 4) is 0 Å². The third-order valence-corrected chi connectivity index (χ3v) is 3.69. The van der Waals surface area contributed by atoms with Gasteiger partial charge in [0.2, 0.25) is 5.91 Å². The van der Waals surface area contributed by atoms with Gasteiger partial charge in [0.15, 0.2) is 0 Å². The van der Waals surface area contributed by atoms with Gasteiger partial charge in [0.05, 0.1) is 12.1 Å². The molecule has 0 aliphatic carbocycles. The zero-order chi connectivity index (χ0) is 13.7. The van der Waals surface area contributed by atoms with E-state index >= 15 is 0 Å². The Morgan fingerprint density at radius 3 is 2.74 bits per heavy atom. The van der Waals surface area contributed by atoms with Crippen LogP contribution in [0.2, 0.25) is 0 Å². The molecule has 1 aliphatic heterocycles. The van der Waals surface area contributed by atoms with Gasteiger partial charge in [-0.05, 0) is 52.7 Å². The number of carbonyl (C=O) groups excluding carboxylic acids is 1. The van der Waals surface area contributed by atoms with E-state index in [4.69, 9.17) is 4.52 Å². The van der Waals surface area contributed by atoms with Crippen molar-refractivity contribution >= 4 is 5.91 Å². The fraction of sp³-hybridized carbons (Fsp3) is 0.714. The van der Waals surface area contributed by atoms with Gasteiger partial charge in [0, 0.05) is 12.1 Å². The molecule has 0 spiro atoms. The maximum atomic E-state index is 11.8. The number of hydrogen-bond acceptors (Lipinski definition) is 4. The molecule has 0 bridgehead atoms. The van der Waals surface area contributed by atoms with Crippen molar-refractivity contribution in [1.29, 1.82) is 0 Å². The second-order valence-electron chi connectivity index (χ2n) is 5.23. The van der Waals surface area contributed by atoms with Crippen LogP contribution in [-0.4, -0.2) is 42.1 Å². The maximum absolute atomic E-state index is 11.8. The Balaban J connectivity index is 1.64. The summed E-state index contributed by atoms with van der Waals surface area (Å²) in [5.74, 6) is 0.792. The first kappa shape index (κ1) is 14.1. The molecule has 1 aromatic rings. The second-order valence-corrected chi connectivity index (χ2v) is 5.23. The summed E-state index contributed by atoms with van der Waals surface area (Å²) in [6, 6.07) is 0. The van der Waals surface area contributed by atoms with E-state index in [1.165, 1.54) is 25.9 Å². The fourth-order valence-electron chi connectivity index (χ4n) is 2.51. The third-order valence-electron chi connectivity index (χ3n) is 3.69. The highest BCUT2D eigenvalue weighted by Gasteiger charge is 2.13. The van der Waals surface area contributed by atoms with Crippen LogP contribution in [0.4, 0.5) is 0 Å². The number of rotatable bonds is 6. The first-order valence-corrected chi connectivity index (χ1v) is 7.07. The van der Waals surface area contributed by atoms with Gasteiger partial charge in [-0.1, -0.05) is 5.16 Å². The molecule has 2 heterocycles. The van der Waals surface area contributed by atoms with Crippen LogP contribution in [0, 0.1) is 13.8 Å². The molecule has 0 unspecified atom stereocenters. The van der Waals surface area contributed by atoms with Crippen molar-refractivity contribution < 1.29 is 9.32 Å². The molecule has 106 valence electrons. The first-order valence-electron chi connectivity index (χ1n) is 7.07. The Morgan fingerprint density at radius 2 is 2.11 bits per heavy atom. The number of amides is 1. The topological polar surface area (TPSA) is 58.4 Å². The van der Waals surface area contributed by atoms with Crippen molar-refractivity contribution in [3.63, 3.8) is 0 Å². The highest BCUT2D eigenvalue weighted by atomic mass is 16.5. The van der Waals surface area contributed by atoms with Gasteiger partial charge in [-0.15, -0.1) is 0 Å². The lowest BCUT2D eigenvalue weighted by Gasteiger charge is -2.14. The van der Waals surface area contributed by atoms with Crippen LogP contribution >= 0.6 is 0 Å². The van der Waals surface area contributed by atoms with Crippen LogP contribution in [0.25, 0.3) is 0 Å². The van der Waals surface area contributed by atoms with Gasteiger partial charge in [-0.2, -0.15) is 0 Å². The first-order chi connectivity index (χ1) is 9.16. The van der Waals surface area contributed by atoms with E-state index in [0.717, 1.165) is 36.5 Å². The molecule has 0 atom stereocenters. The predicted octanol–water partition coefficient (Wildman–Crippen LogP) is 1.44. The number of likely N-dealkylation sites (tertiary alicyclic amines) is 1. The molecule has 1 fully saturated rings. The maximum Gasteiger partial charge on any atom is 0.224 e. The van der Waals surface area contributed by atoms with Gasteiger partial charge >= 0.3 is 0 Å². The summed E-state index contributed by atoms with van der Waals surface area (Å²) in [5, 5.41) is 6.82. The van der Waals surface area contributed by atoms with Crippen molar-refractivity contribution in [2.45, 2.75) is 39.5 Å². The van der Waals surface area contributed by atoms with Crippen LogP contribution in [0.15, 0.2) is 4.52 Å². The molecule has 5 nitrogen and oxygen atoms in total. The molecule has 19 heavy (non-hydrogen) atoms. The molecular formula is C14H23N3O2. The molecule has 0 aromatic carbocycles. The number of aromatic nitrogens is 1. The Kier molecular flexibility index (Phi) is 4.96. The molecule has 0 radical (unpaired) electrons. The highest BCUT2D eigenvalue weighted by Crippen LogP contribution is 2.12. The molecule has 1 aliphatic rings. The van der Waals surface area contributed by atoms with Crippen molar-refractivity contribution in [2.24, 2.45) is 0 Å². The molecule has 1 saturated heterocycles. The average molecular weight is 265 g/mol. The second kappa shape index (κ2) is 6.70. The van der Waals surface area contributed by atoms with Gasteiger partial charge in [0.1, 0.15) is 5.76 Å². The molecule has 5 heteroatoms. The van der Waals surface area contributed by atoms with Crippen molar-refractivity contribution in [1.82, 2.24) is 15.4 Å². The summed E-state index contributed by atoms with van der Waals surface area (Å²) in [4.78, 5) is 14.3. The Bertz CT molecular complexity index is 403. The van der Waals surface area contributed by atoms with E-state index in [1.54, 1.807) is 0 Å². The number of nitrogens with one attached hydrogen (secondary N) is 1. The van der Waals surface area contributed by atoms with E-state index in [2.05, 4.69) is 15.4 Å². The van der Waals surface area contributed by atoms with Crippen LogP contribution in [0.5, 0.6) is 0 Å².